The standard InChI is InChI=1S/C53H86O22/c1-23-32(58)35(61)42(75-43-37(63)33(59)26(56)21-68-43)46(70-23)74-41-34(60)27(19-54)71-45(39(41)65)73-40-28(20-55)72-44(38(64)36(40)62)69-22-50(5)29-10-13-52(7)30(49(29,4)12-11-31(50)57)9-8-24-25-18-48(2,3)14-16-53(25,47(66)67)17-15-51(24,52)6/h8,23,25-46,54-65H,9-22H2,1-7H3,(H,66,67)/t23-,25+,26-,27-,28-,29+,30+,31+,32-,33-,34+,35+,36-,37-,38+,39-,40+,41+,42-,43+,44-,45-,46-,49-,50-,51+,52+,53+/m0/s1. The molecular formula is C53H86O22. The summed E-state index contributed by atoms with van der Waals surface area (Å²) >= 11 is 0. The van der Waals surface area contributed by atoms with E-state index in [0.717, 1.165) is 44.9 Å². The molecule has 22 nitrogen and oxygen atoms in total. The highest BCUT2D eigenvalue weighted by atomic mass is 16.8. The lowest BCUT2D eigenvalue weighted by Crippen LogP contribution is -2.67. The normalized spacial score (nSPS) is 54.9. The Balaban J connectivity index is 0.887. The molecule has 9 rings (SSSR count). The number of aliphatic carboxylic acids is 1. The van der Waals surface area contributed by atoms with E-state index in [4.69, 9.17) is 37.9 Å². The van der Waals surface area contributed by atoms with Crippen LogP contribution in [0.2, 0.25) is 0 Å². The number of aliphatic hydroxyl groups is 12. The van der Waals surface area contributed by atoms with Crippen LogP contribution in [-0.2, 0) is 42.7 Å². The molecule has 28 atom stereocenters. The van der Waals surface area contributed by atoms with Crippen LogP contribution in [0.5, 0.6) is 0 Å². The van der Waals surface area contributed by atoms with Gasteiger partial charge in [0.05, 0.1) is 44.1 Å². The summed E-state index contributed by atoms with van der Waals surface area (Å²) in [6.45, 7) is 12.8. The Bertz CT molecular complexity index is 2060. The minimum Gasteiger partial charge on any atom is -0.481 e. The fraction of sp³-hybridized carbons (Fsp3) is 0.943. The molecule has 4 saturated carbocycles. The first-order valence-electron chi connectivity index (χ1n) is 27.3. The number of carboxylic acid groups (broad SMARTS) is 1. The fourth-order valence-corrected chi connectivity index (χ4v) is 16.2. The average molecular weight is 1080 g/mol. The van der Waals surface area contributed by atoms with Gasteiger partial charge in [0.1, 0.15) is 85.5 Å². The Morgan fingerprint density at radius 3 is 1.93 bits per heavy atom. The number of aliphatic hydroxyl groups excluding tert-OH is 12. The highest BCUT2D eigenvalue weighted by molar-refractivity contribution is 5.76. The summed E-state index contributed by atoms with van der Waals surface area (Å²) in [6, 6.07) is 0. The molecule has 0 bridgehead atoms. The Morgan fingerprint density at radius 1 is 0.627 bits per heavy atom. The zero-order valence-corrected chi connectivity index (χ0v) is 44.2. The molecule has 0 amide bonds. The van der Waals surface area contributed by atoms with Gasteiger partial charge >= 0.3 is 5.97 Å². The second kappa shape index (κ2) is 21.1. The monoisotopic (exact) mass is 1070 g/mol. The quantitative estimate of drug-likeness (QED) is 0.106. The van der Waals surface area contributed by atoms with Gasteiger partial charge in [0.15, 0.2) is 25.2 Å². The Labute approximate surface area is 437 Å². The lowest BCUT2D eigenvalue weighted by atomic mass is 9.33. The first-order valence-corrected chi connectivity index (χ1v) is 27.3. The molecule has 0 unspecified atom stereocenters. The molecule has 0 spiro atoms. The third-order valence-electron chi connectivity index (χ3n) is 21.2. The van der Waals surface area contributed by atoms with Crippen molar-refractivity contribution in [3.05, 3.63) is 11.6 Å². The first-order chi connectivity index (χ1) is 35.1. The van der Waals surface area contributed by atoms with Gasteiger partial charge in [-0.05, 0) is 111 Å². The second-order valence-corrected chi connectivity index (χ2v) is 25.7. The van der Waals surface area contributed by atoms with Gasteiger partial charge in [-0.2, -0.15) is 0 Å². The molecule has 4 heterocycles. The molecule has 0 radical (unpaired) electrons. The van der Waals surface area contributed by atoms with Gasteiger partial charge in [-0.25, -0.2) is 0 Å². The van der Waals surface area contributed by atoms with Crippen LogP contribution in [0.1, 0.15) is 113 Å². The van der Waals surface area contributed by atoms with E-state index in [1.54, 1.807) is 0 Å². The van der Waals surface area contributed by atoms with Crippen molar-refractivity contribution in [3.8, 4) is 0 Å². The fourth-order valence-electron chi connectivity index (χ4n) is 16.2. The number of hydrogen-bond acceptors (Lipinski definition) is 21. The smallest absolute Gasteiger partial charge is 0.310 e. The van der Waals surface area contributed by atoms with Crippen molar-refractivity contribution in [1.82, 2.24) is 0 Å². The number of carbonyl (C=O) groups is 1. The van der Waals surface area contributed by atoms with Crippen LogP contribution >= 0.6 is 0 Å². The summed E-state index contributed by atoms with van der Waals surface area (Å²) in [5.74, 6) is -0.541. The third-order valence-corrected chi connectivity index (χ3v) is 21.2. The minimum absolute atomic E-state index is 0.0317. The Hall–Kier alpha value is -1.59. The molecule has 75 heavy (non-hydrogen) atoms. The number of ether oxygens (including phenoxy) is 8. The van der Waals surface area contributed by atoms with Crippen LogP contribution in [0.15, 0.2) is 11.6 Å². The van der Waals surface area contributed by atoms with Crippen molar-refractivity contribution in [2.24, 2.45) is 50.2 Å². The molecule has 4 saturated heterocycles. The van der Waals surface area contributed by atoms with Gasteiger partial charge in [-0.15, -0.1) is 0 Å². The van der Waals surface area contributed by atoms with Gasteiger partial charge in [-0.1, -0.05) is 53.2 Å². The number of hydrogen-bond donors (Lipinski definition) is 13. The lowest BCUT2D eigenvalue weighted by molar-refractivity contribution is -0.391. The van der Waals surface area contributed by atoms with Crippen LogP contribution in [0, 0.1) is 50.2 Å². The summed E-state index contributed by atoms with van der Waals surface area (Å²) in [7, 11) is 0. The number of rotatable bonds is 12. The molecule has 8 fully saturated rings. The van der Waals surface area contributed by atoms with E-state index >= 15 is 0 Å². The molecule has 22 heteroatoms. The highest BCUT2D eigenvalue weighted by Gasteiger charge is 2.70. The summed E-state index contributed by atoms with van der Waals surface area (Å²) in [5, 5.41) is 143. The molecule has 4 aliphatic heterocycles. The van der Waals surface area contributed by atoms with E-state index in [1.807, 2.05) is 6.92 Å². The van der Waals surface area contributed by atoms with Crippen molar-refractivity contribution in [1.29, 1.82) is 0 Å². The summed E-state index contributed by atoms with van der Waals surface area (Å²) in [6.07, 6.45) is -22.8. The second-order valence-electron chi connectivity index (χ2n) is 25.7. The van der Waals surface area contributed by atoms with Crippen LogP contribution in [0.4, 0.5) is 0 Å². The molecule has 0 aromatic carbocycles. The molecule has 0 aromatic rings. The molecule has 0 aromatic heterocycles. The van der Waals surface area contributed by atoms with Gasteiger partial charge in [-0.3, -0.25) is 4.79 Å². The molecular weight excluding hydrogens is 989 g/mol. The van der Waals surface area contributed by atoms with Crippen molar-refractivity contribution in [2.45, 2.75) is 235 Å². The number of allylic oxidation sites excluding steroid dienone is 2. The van der Waals surface area contributed by atoms with Crippen LogP contribution in [0.25, 0.3) is 0 Å². The predicted octanol–water partition coefficient (Wildman–Crippen LogP) is -0.830. The number of fused-ring (bicyclic) bond motifs is 7. The summed E-state index contributed by atoms with van der Waals surface area (Å²) in [5.41, 5.74) is -0.885. The van der Waals surface area contributed by atoms with Crippen molar-refractivity contribution >= 4 is 5.97 Å². The van der Waals surface area contributed by atoms with Crippen molar-refractivity contribution in [3.63, 3.8) is 0 Å². The van der Waals surface area contributed by atoms with E-state index in [1.165, 1.54) is 12.5 Å². The maximum absolute atomic E-state index is 13.2. The third kappa shape index (κ3) is 9.50. The average Bonchev–Trinajstić information content (AvgIpc) is 3.38. The number of carboxylic acids is 1. The van der Waals surface area contributed by atoms with Gasteiger partial charge < -0.3 is 104 Å². The van der Waals surface area contributed by atoms with Gasteiger partial charge in [0.2, 0.25) is 0 Å². The molecule has 5 aliphatic carbocycles. The van der Waals surface area contributed by atoms with Crippen LogP contribution in [-0.4, -0.2) is 222 Å². The highest BCUT2D eigenvalue weighted by Crippen LogP contribution is 2.76. The van der Waals surface area contributed by atoms with E-state index in [-0.39, 0.29) is 46.0 Å². The Morgan fingerprint density at radius 2 is 1.25 bits per heavy atom. The van der Waals surface area contributed by atoms with Crippen molar-refractivity contribution < 1.29 is 109 Å². The largest absolute Gasteiger partial charge is 0.481 e. The zero-order chi connectivity index (χ0) is 54.7. The Kier molecular flexibility index (Phi) is 16.3. The topological polar surface area (TPSA) is 354 Å². The lowest BCUT2D eigenvalue weighted by Gasteiger charge is -2.71. The minimum atomic E-state index is -2.00. The maximum Gasteiger partial charge on any atom is 0.310 e. The molecule has 430 valence electrons. The van der Waals surface area contributed by atoms with Crippen molar-refractivity contribution in [2.75, 3.05) is 26.4 Å². The van der Waals surface area contributed by atoms with E-state index in [9.17, 15) is 71.2 Å². The molecule has 9 aliphatic rings. The van der Waals surface area contributed by atoms with Crippen LogP contribution in [0.3, 0.4) is 0 Å². The van der Waals surface area contributed by atoms with E-state index < -0.39 is 159 Å². The van der Waals surface area contributed by atoms with Gasteiger partial charge in [0, 0.05) is 5.41 Å². The van der Waals surface area contributed by atoms with Gasteiger partial charge in [0.25, 0.3) is 0 Å². The summed E-state index contributed by atoms with van der Waals surface area (Å²) < 4.78 is 47.1. The van der Waals surface area contributed by atoms with E-state index in [0.29, 0.717) is 19.3 Å². The summed E-state index contributed by atoms with van der Waals surface area (Å²) in [4.78, 5) is 13.2. The SMILES string of the molecule is C[C@@H]1O[C@@H](O[C@H]2[C@H](O)[C@H](O[C@H]3[C@@H](O)[C@@H](O)[C@@H](OC[C@@]4(C)[C@@H]5CC[C@]6(C)[C@H](CC=C7[C@H]8CC(C)(C)CC[C@@]8(C(=O)O)CC[C@]76C)[C@@]5(C)CC[C@H]4O)O[C@H]3CO)O[C@@H](CO)[C@H]2O)[C@@H](O[C@H]2OC[C@H](O)[C@H](O)[C@@H]2O)[C@H](O)[C@H]1O. The van der Waals surface area contributed by atoms with E-state index in [2.05, 4.69) is 40.7 Å². The predicted molar refractivity (Wildman–Crippen MR) is 257 cm³/mol. The molecule has 13 N–H and O–H groups in total. The maximum atomic E-state index is 13.2. The zero-order valence-electron chi connectivity index (χ0n) is 44.2. The first kappa shape index (κ1) is 58.1. The van der Waals surface area contributed by atoms with Crippen LogP contribution < -0.4 is 0 Å².